The van der Waals surface area contributed by atoms with E-state index in [4.69, 9.17) is 0 Å². The predicted octanol–water partition coefficient (Wildman–Crippen LogP) is 5.00. The van der Waals surface area contributed by atoms with E-state index in [0.29, 0.717) is 18.5 Å². The molecule has 0 aliphatic heterocycles. The zero-order valence-corrected chi connectivity index (χ0v) is 17.5. The smallest absolute Gasteiger partial charge is 0.331 e. The van der Waals surface area contributed by atoms with Crippen molar-refractivity contribution in [2.45, 2.75) is 46.1 Å². The molecule has 5 nitrogen and oxygen atoms in total. The van der Waals surface area contributed by atoms with Gasteiger partial charge in [-0.3, -0.25) is 0 Å². The van der Waals surface area contributed by atoms with Gasteiger partial charge in [0, 0.05) is 25.0 Å². The standard InChI is InChI=1S/C25H28N2O3/c1-3-4-10-24-26-16-22(27(24)17-20-11-12-23(28)18(2)13-20)15-21(25(29)30)14-19-8-6-5-7-9-19/h5-9,11-13,15-16,28H,3-4,10,14,17H2,1-2H3,(H,29,30)/b21-15+. The van der Waals surface area contributed by atoms with Gasteiger partial charge in [0.05, 0.1) is 11.9 Å². The number of phenolic OH excluding ortho intramolecular Hbond substituents is 1. The van der Waals surface area contributed by atoms with Crippen LogP contribution in [0, 0.1) is 6.92 Å². The number of rotatable bonds is 9. The Morgan fingerprint density at radius 2 is 1.90 bits per heavy atom. The number of carboxylic acids is 1. The number of carboxylic acid groups (broad SMARTS) is 1. The van der Waals surface area contributed by atoms with E-state index in [0.717, 1.165) is 47.5 Å². The Labute approximate surface area is 177 Å². The first-order valence-corrected chi connectivity index (χ1v) is 10.3. The Bertz CT molecular complexity index is 1040. The Morgan fingerprint density at radius 3 is 2.57 bits per heavy atom. The summed E-state index contributed by atoms with van der Waals surface area (Å²) in [5, 5.41) is 19.6. The molecule has 1 heterocycles. The van der Waals surface area contributed by atoms with E-state index in [2.05, 4.69) is 16.5 Å². The topological polar surface area (TPSA) is 75.3 Å². The van der Waals surface area contributed by atoms with E-state index in [-0.39, 0.29) is 5.75 Å². The number of aliphatic carboxylic acids is 1. The highest BCUT2D eigenvalue weighted by atomic mass is 16.4. The number of hydrogen-bond donors (Lipinski definition) is 2. The molecule has 0 saturated heterocycles. The van der Waals surface area contributed by atoms with Crippen molar-refractivity contribution in [3.05, 3.63) is 88.5 Å². The third-order valence-electron chi connectivity index (χ3n) is 5.16. The van der Waals surface area contributed by atoms with Gasteiger partial charge in [0.15, 0.2) is 0 Å². The van der Waals surface area contributed by atoms with Crippen molar-refractivity contribution >= 4 is 12.0 Å². The van der Waals surface area contributed by atoms with E-state index in [1.54, 1.807) is 18.3 Å². The Hall–Kier alpha value is -3.34. The molecule has 0 atom stereocenters. The summed E-state index contributed by atoms with van der Waals surface area (Å²) in [6.45, 7) is 4.58. The minimum absolute atomic E-state index is 0.270. The lowest BCUT2D eigenvalue weighted by Crippen LogP contribution is -2.09. The third kappa shape index (κ3) is 5.38. The fourth-order valence-corrected chi connectivity index (χ4v) is 3.44. The number of aryl methyl sites for hydroxylation is 2. The molecule has 3 aromatic rings. The first-order chi connectivity index (χ1) is 14.5. The van der Waals surface area contributed by atoms with Gasteiger partial charge in [-0.25, -0.2) is 9.78 Å². The molecule has 0 spiro atoms. The maximum absolute atomic E-state index is 11.9. The SMILES string of the molecule is CCCCc1ncc(/C=C(\Cc2ccccc2)C(=O)O)n1Cc1ccc(O)c(C)c1. The molecular formula is C25H28N2O3. The van der Waals surface area contributed by atoms with E-state index in [9.17, 15) is 15.0 Å². The average Bonchev–Trinajstić information content (AvgIpc) is 3.10. The fraction of sp³-hybridized carbons (Fsp3) is 0.280. The number of hydrogen-bond acceptors (Lipinski definition) is 3. The van der Waals surface area contributed by atoms with E-state index >= 15 is 0 Å². The number of aromatic nitrogens is 2. The van der Waals surface area contributed by atoms with Crippen molar-refractivity contribution in [1.29, 1.82) is 0 Å². The quantitative estimate of drug-likeness (QED) is 0.492. The lowest BCUT2D eigenvalue weighted by Gasteiger charge is -2.12. The predicted molar refractivity (Wildman–Crippen MR) is 119 cm³/mol. The lowest BCUT2D eigenvalue weighted by molar-refractivity contribution is -0.132. The minimum atomic E-state index is -0.929. The fourth-order valence-electron chi connectivity index (χ4n) is 3.44. The monoisotopic (exact) mass is 404 g/mol. The Kier molecular flexibility index (Phi) is 7.07. The second-order valence-electron chi connectivity index (χ2n) is 7.55. The molecular weight excluding hydrogens is 376 g/mol. The molecule has 0 radical (unpaired) electrons. The lowest BCUT2D eigenvalue weighted by atomic mass is 10.0. The summed E-state index contributed by atoms with van der Waals surface area (Å²) in [6.07, 6.45) is 6.75. The van der Waals surface area contributed by atoms with Crippen LogP contribution in [-0.2, 0) is 24.2 Å². The summed E-state index contributed by atoms with van der Waals surface area (Å²) in [5.74, 6) is 0.284. The third-order valence-corrected chi connectivity index (χ3v) is 5.16. The zero-order valence-electron chi connectivity index (χ0n) is 17.5. The number of unbranched alkanes of at least 4 members (excludes halogenated alkanes) is 1. The molecule has 2 aromatic carbocycles. The first kappa shape index (κ1) is 21.4. The number of nitrogens with zero attached hydrogens (tertiary/aromatic N) is 2. The van der Waals surface area contributed by atoms with Crippen LogP contribution < -0.4 is 0 Å². The van der Waals surface area contributed by atoms with E-state index < -0.39 is 5.97 Å². The van der Waals surface area contributed by atoms with E-state index in [1.807, 2.05) is 49.4 Å². The van der Waals surface area contributed by atoms with Crippen LogP contribution in [0.25, 0.3) is 6.08 Å². The maximum atomic E-state index is 11.9. The largest absolute Gasteiger partial charge is 0.508 e. The van der Waals surface area contributed by atoms with Crippen molar-refractivity contribution < 1.29 is 15.0 Å². The second-order valence-corrected chi connectivity index (χ2v) is 7.55. The molecule has 30 heavy (non-hydrogen) atoms. The van der Waals surface area contributed by atoms with Crippen LogP contribution in [0.15, 0.2) is 60.3 Å². The Balaban J connectivity index is 1.97. The molecule has 5 heteroatoms. The van der Waals surface area contributed by atoms with Crippen LogP contribution in [0.4, 0.5) is 0 Å². The second kappa shape index (κ2) is 9.92. The van der Waals surface area contributed by atoms with Gasteiger partial charge in [-0.15, -0.1) is 0 Å². The summed E-state index contributed by atoms with van der Waals surface area (Å²) in [4.78, 5) is 16.5. The molecule has 0 fully saturated rings. The van der Waals surface area contributed by atoms with Crippen LogP contribution in [0.1, 0.15) is 48.0 Å². The molecule has 156 valence electrons. The molecule has 2 N–H and O–H groups in total. The number of phenols is 1. The highest BCUT2D eigenvalue weighted by Crippen LogP contribution is 2.21. The highest BCUT2D eigenvalue weighted by Gasteiger charge is 2.14. The zero-order chi connectivity index (χ0) is 21.5. The first-order valence-electron chi connectivity index (χ1n) is 10.3. The summed E-state index contributed by atoms with van der Waals surface area (Å²) >= 11 is 0. The summed E-state index contributed by atoms with van der Waals surface area (Å²) in [7, 11) is 0. The molecule has 0 amide bonds. The normalized spacial score (nSPS) is 11.6. The molecule has 3 rings (SSSR count). The average molecular weight is 405 g/mol. The molecule has 0 aliphatic rings. The maximum Gasteiger partial charge on any atom is 0.331 e. The van der Waals surface area contributed by atoms with Crippen LogP contribution in [0.2, 0.25) is 0 Å². The minimum Gasteiger partial charge on any atom is -0.508 e. The van der Waals surface area contributed by atoms with Gasteiger partial charge in [0.1, 0.15) is 11.6 Å². The van der Waals surface area contributed by atoms with Crippen molar-refractivity contribution in [2.24, 2.45) is 0 Å². The van der Waals surface area contributed by atoms with Crippen molar-refractivity contribution in [1.82, 2.24) is 9.55 Å². The number of benzene rings is 2. The molecule has 0 aliphatic carbocycles. The Morgan fingerprint density at radius 1 is 1.13 bits per heavy atom. The summed E-state index contributed by atoms with van der Waals surface area (Å²) < 4.78 is 2.08. The van der Waals surface area contributed by atoms with Gasteiger partial charge in [-0.05, 0) is 42.2 Å². The molecule has 0 saturated carbocycles. The van der Waals surface area contributed by atoms with Gasteiger partial charge < -0.3 is 14.8 Å². The van der Waals surface area contributed by atoms with Crippen LogP contribution in [-0.4, -0.2) is 25.7 Å². The number of aromatic hydroxyl groups is 1. The molecule has 1 aromatic heterocycles. The van der Waals surface area contributed by atoms with Crippen LogP contribution in [0.5, 0.6) is 5.75 Å². The van der Waals surface area contributed by atoms with Crippen molar-refractivity contribution in [2.75, 3.05) is 0 Å². The molecule has 0 bridgehead atoms. The highest BCUT2D eigenvalue weighted by molar-refractivity contribution is 5.92. The molecule has 0 unspecified atom stereocenters. The van der Waals surface area contributed by atoms with Crippen molar-refractivity contribution in [3.63, 3.8) is 0 Å². The van der Waals surface area contributed by atoms with Gasteiger partial charge >= 0.3 is 5.97 Å². The van der Waals surface area contributed by atoms with Gasteiger partial charge in [-0.2, -0.15) is 0 Å². The van der Waals surface area contributed by atoms with Crippen LogP contribution >= 0.6 is 0 Å². The van der Waals surface area contributed by atoms with Gasteiger partial charge in [-0.1, -0.05) is 55.8 Å². The number of imidazole rings is 1. The van der Waals surface area contributed by atoms with Gasteiger partial charge in [0.25, 0.3) is 0 Å². The van der Waals surface area contributed by atoms with Crippen LogP contribution in [0.3, 0.4) is 0 Å². The van der Waals surface area contributed by atoms with E-state index in [1.165, 1.54) is 0 Å². The van der Waals surface area contributed by atoms with Crippen molar-refractivity contribution in [3.8, 4) is 5.75 Å². The van der Waals surface area contributed by atoms with Gasteiger partial charge in [0.2, 0.25) is 0 Å². The number of carbonyl (C=O) groups is 1. The summed E-state index contributed by atoms with van der Waals surface area (Å²) in [5.41, 5.74) is 3.91. The summed E-state index contributed by atoms with van der Waals surface area (Å²) in [6, 6.07) is 15.1.